The fraction of sp³-hybridized carbons (Fsp3) is 0.200. The smallest absolute Gasteiger partial charge is 0.224 e. The molecule has 2 unspecified atom stereocenters. The van der Waals surface area contributed by atoms with E-state index < -0.39 is 0 Å². The maximum absolute atomic E-state index is 13.1. The van der Waals surface area contributed by atoms with Gasteiger partial charge < -0.3 is 16.0 Å². The number of para-hydroxylation sites is 1. The summed E-state index contributed by atoms with van der Waals surface area (Å²) in [5.41, 5.74) is 8.84. The van der Waals surface area contributed by atoms with E-state index in [9.17, 15) is 9.59 Å². The lowest BCUT2D eigenvalue weighted by Gasteiger charge is -2.28. The van der Waals surface area contributed by atoms with Crippen LogP contribution in [0.1, 0.15) is 16.8 Å². The van der Waals surface area contributed by atoms with E-state index in [-0.39, 0.29) is 35.5 Å². The third kappa shape index (κ3) is 3.75. The summed E-state index contributed by atoms with van der Waals surface area (Å²) in [5.74, 6) is 0.126. The highest BCUT2D eigenvalue weighted by molar-refractivity contribution is 8.00. The Morgan fingerprint density at radius 2 is 1.85 bits per heavy atom. The number of thioether (sulfide) groups is 1. The Kier molecular flexibility index (Phi) is 4.98. The summed E-state index contributed by atoms with van der Waals surface area (Å²) in [6, 6.07) is 17.6. The Morgan fingerprint density at radius 1 is 1.11 bits per heavy atom. The van der Waals surface area contributed by atoms with Crippen LogP contribution in [0.25, 0.3) is 22.2 Å². The molecule has 1 aliphatic rings. The molecule has 2 atom stereocenters. The van der Waals surface area contributed by atoms with Crippen LogP contribution >= 0.6 is 11.8 Å². The van der Waals surface area contributed by atoms with E-state index in [0.717, 1.165) is 22.2 Å². The summed E-state index contributed by atoms with van der Waals surface area (Å²) in [4.78, 5) is 28.1. The largest absolute Gasteiger partial charge is 0.354 e. The van der Waals surface area contributed by atoms with Crippen molar-refractivity contribution in [3.8, 4) is 11.3 Å². The molecular weight excluding hydrogens is 360 g/mol. The van der Waals surface area contributed by atoms with Crippen LogP contribution in [0.3, 0.4) is 0 Å². The molecule has 7 heteroatoms. The molecule has 0 radical (unpaired) electrons. The van der Waals surface area contributed by atoms with Gasteiger partial charge >= 0.3 is 0 Å². The van der Waals surface area contributed by atoms with Gasteiger partial charge in [-0.1, -0.05) is 48.5 Å². The average molecular weight is 380 g/mol. The lowest BCUT2D eigenvalue weighted by molar-refractivity contribution is -0.123. The minimum absolute atomic E-state index is 0.00602. The summed E-state index contributed by atoms with van der Waals surface area (Å²) in [7, 11) is 0. The number of nitrogens with one attached hydrogen (secondary N) is 3. The zero-order valence-corrected chi connectivity index (χ0v) is 15.4. The number of carbonyl (C=O) groups excluding carboxylic acids is 2. The van der Waals surface area contributed by atoms with Crippen molar-refractivity contribution in [1.29, 1.82) is 0 Å². The monoisotopic (exact) mass is 380 g/mol. The van der Waals surface area contributed by atoms with Crippen molar-refractivity contribution in [3.05, 3.63) is 60.2 Å². The fourth-order valence-corrected chi connectivity index (χ4v) is 4.22. The molecule has 1 saturated heterocycles. The van der Waals surface area contributed by atoms with Gasteiger partial charge in [-0.3, -0.25) is 14.9 Å². The van der Waals surface area contributed by atoms with Crippen LogP contribution < -0.4 is 16.4 Å². The number of H-pyrrole nitrogens is 1. The van der Waals surface area contributed by atoms with Crippen LogP contribution in [-0.2, 0) is 4.79 Å². The molecule has 2 aromatic carbocycles. The molecule has 1 amide bonds. The molecule has 1 aliphatic heterocycles. The summed E-state index contributed by atoms with van der Waals surface area (Å²) >= 11 is 1.34. The highest BCUT2D eigenvalue weighted by Crippen LogP contribution is 2.31. The predicted octanol–water partition coefficient (Wildman–Crippen LogP) is 2.43. The van der Waals surface area contributed by atoms with Gasteiger partial charge in [-0.2, -0.15) is 0 Å². The van der Waals surface area contributed by atoms with Gasteiger partial charge in [0, 0.05) is 10.9 Å². The first-order chi connectivity index (χ1) is 13.1. The first kappa shape index (κ1) is 17.8. The van der Waals surface area contributed by atoms with Gasteiger partial charge in [-0.25, -0.2) is 0 Å². The summed E-state index contributed by atoms with van der Waals surface area (Å²) in [6.45, 7) is 0. The Labute approximate surface area is 160 Å². The molecule has 0 saturated carbocycles. The zero-order chi connectivity index (χ0) is 18.8. The fourth-order valence-electron chi connectivity index (χ4n) is 3.27. The van der Waals surface area contributed by atoms with Crippen molar-refractivity contribution >= 4 is 34.4 Å². The molecule has 6 nitrogen and oxygen atoms in total. The van der Waals surface area contributed by atoms with Crippen molar-refractivity contribution in [2.24, 2.45) is 5.73 Å². The number of nitrogens with two attached hydrogens (primary N) is 1. The standard InChI is InChI=1S/C20H20N4O2S/c21-16-10-17(26)24-20(23-16)27-11-15(25)18-13-8-4-5-9-14(13)22-19(18)12-6-2-1-3-7-12/h1-9,16,20,22-23H,10-11,21H2,(H,24,26). The van der Waals surface area contributed by atoms with E-state index in [1.54, 1.807) is 0 Å². The molecule has 4 rings (SSSR count). The SMILES string of the molecule is NC1CC(=O)NC(SCC(=O)c2c(-c3ccccc3)[nH]c3ccccc23)N1. The normalized spacial score (nSPS) is 19.8. The third-order valence-corrected chi connectivity index (χ3v) is 5.51. The van der Waals surface area contributed by atoms with Crippen LogP contribution in [0.4, 0.5) is 0 Å². The van der Waals surface area contributed by atoms with E-state index in [1.165, 1.54) is 11.8 Å². The molecule has 138 valence electrons. The Bertz CT molecular complexity index is 986. The van der Waals surface area contributed by atoms with Gasteiger partial charge in [-0.15, -0.1) is 11.8 Å². The molecule has 2 heterocycles. The van der Waals surface area contributed by atoms with Gasteiger partial charge in [-0.05, 0) is 11.6 Å². The number of hydrogen-bond acceptors (Lipinski definition) is 5. The van der Waals surface area contributed by atoms with Crippen LogP contribution in [-0.4, -0.2) is 34.1 Å². The highest BCUT2D eigenvalue weighted by atomic mass is 32.2. The van der Waals surface area contributed by atoms with E-state index in [0.29, 0.717) is 5.56 Å². The van der Waals surface area contributed by atoms with Crippen LogP contribution in [0, 0.1) is 0 Å². The maximum atomic E-state index is 13.1. The molecule has 0 aliphatic carbocycles. The number of Topliss-reactive ketones (excluding diaryl/α,β-unsaturated/α-hetero) is 1. The van der Waals surface area contributed by atoms with Crippen LogP contribution in [0.5, 0.6) is 0 Å². The number of aromatic amines is 1. The van der Waals surface area contributed by atoms with Crippen molar-refractivity contribution in [3.63, 3.8) is 0 Å². The highest BCUT2D eigenvalue weighted by Gasteiger charge is 2.25. The second-order valence-electron chi connectivity index (χ2n) is 6.45. The summed E-state index contributed by atoms with van der Waals surface area (Å²) < 4.78 is 0. The van der Waals surface area contributed by atoms with E-state index in [2.05, 4.69) is 15.6 Å². The Morgan fingerprint density at radius 3 is 2.63 bits per heavy atom. The van der Waals surface area contributed by atoms with Crippen LogP contribution in [0.2, 0.25) is 0 Å². The van der Waals surface area contributed by atoms with Gasteiger partial charge in [0.25, 0.3) is 0 Å². The van der Waals surface area contributed by atoms with Crippen molar-refractivity contribution in [1.82, 2.24) is 15.6 Å². The topological polar surface area (TPSA) is 100 Å². The number of benzene rings is 2. The number of rotatable bonds is 5. The minimum Gasteiger partial charge on any atom is -0.354 e. The van der Waals surface area contributed by atoms with Crippen LogP contribution in [0.15, 0.2) is 54.6 Å². The lowest BCUT2D eigenvalue weighted by atomic mass is 10.0. The van der Waals surface area contributed by atoms with Crippen molar-refractivity contribution < 1.29 is 9.59 Å². The quantitative estimate of drug-likeness (QED) is 0.510. The third-order valence-electron chi connectivity index (χ3n) is 4.49. The average Bonchev–Trinajstić information content (AvgIpc) is 3.06. The zero-order valence-electron chi connectivity index (χ0n) is 14.6. The first-order valence-corrected chi connectivity index (χ1v) is 9.78. The first-order valence-electron chi connectivity index (χ1n) is 8.74. The van der Waals surface area contributed by atoms with Crippen molar-refractivity contribution in [2.45, 2.75) is 18.1 Å². The number of fused-ring (bicyclic) bond motifs is 1. The molecule has 0 bridgehead atoms. The molecule has 3 aromatic rings. The van der Waals surface area contributed by atoms with Crippen molar-refractivity contribution in [2.75, 3.05) is 5.75 Å². The maximum Gasteiger partial charge on any atom is 0.224 e. The van der Waals surface area contributed by atoms with Gasteiger partial charge in [0.15, 0.2) is 5.78 Å². The Hall–Kier alpha value is -2.61. The molecular formula is C20H20N4O2S. The number of ketones is 1. The number of carbonyl (C=O) groups is 2. The van der Waals surface area contributed by atoms with E-state index >= 15 is 0 Å². The molecule has 0 spiro atoms. The summed E-state index contributed by atoms with van der Waals surface area (Å²) in [5, 5.41) is 6.79. The van der Waals surface area contributed by atoms with Gasteiger partial charge in [0.05, 0.1) is 29.6 Å². The summed E-state index contributed by atoms with van der Waals surface area (Å²) in [6.07, 6.45) is -0.148. The van der Waals surface area contributed by atoms with Gasteiger partial charge in [0.1, 0.15) is 5.50 Å². The predicted molar refractivity (Wildman–Crippen MR) is 108 cm³/mol. The number of hydrogen-bond donors (Lipinski definition) is 4. The minimum atomic E-state index is -0.390. The van der Waals surface area contributed by atoms with Gasteiger partial charge in [0.2, 0.25) is 5.91 Å². The number of amides is 1. The molecule has 5 N–H and O–H groups in total. The van der Waals surface area contributed by atoms with E-state index in [4.69, 9.17) is 5.73 Å². The van der Waals surface area contributed by atoms with E-state index in [1.807, 2.05) is 54.6 Å². The second kappa shape index (κ2) is 7.56. The molecule has 1 aromatic heterocycles. The Balaban J connectivity index is 1.62. The second-order valence-corrected chi connectivity index (χ2v) is 7.54. The molecule has 1 fully saturated rings. The lowest BCUT2D eigenvalue weighted by Crippen LogP contribution is -2.58. The number of aromatic nitrogens is 1. The molecule has 27 heavy (non-hydrogen) atoms.